The van der Waals surface area contributed by atoms with E-state index in [4.69, 9.17) is 5.11 Å². The number of hydrogen-bond acceptors (Lipinski definition) is 3. The largest absolute Gasteiger partial charge is 0.508 e. The third kappa shape index (κ3) is 1.78. The molecule has 0 aliphatic heterocycles. The molecular weight excluding hydrogens is 208 g/mol. The maximum atomic E-state index is 10.9. The molecule has 0 unspecified atom stereocenters. The van der Waals surface area contributed by atoms with Crippen LogP contribution < -0.4 is 0 Å². The maximum absolute atomic E-state index is 10.9. The van der Waals surface area contributed by atoms with Gasteiger partial charge in [0.15, 0.2) is 0 Å². The van der Waals surface area contributed by atoms with Crippen LogP contribution >= 0.6 is 0 Å². The third-order valence-corrected chi connectivity index (χ3v) is 3.08. The van der Waals surface area contributed by atoms with Crippen LogP contribution in [0.4, 0.5) is 0 Å². The first-order valence-corrected chi connectivity index (χ1v) is 5.08. The number of hydrogen-bond donors (Lipinski definition) is 2. The zero-order valence-corrected chi connectivity index (χ0v) is 8.64. The van der Waals surface area contributed by atoms with Gasteiger partial charge in [-0.2, -0.15) is 0 Å². The summed E-state index contributed by atoms with van der Waals surface area (Å²) in [5, 5.41) is 18.1. The average molecular weight is 220 g/mol. The van der Waals surface area contributed by atoms with E-state index in [0.29, 0.717) is 11.8 Å². The van der Waals surface area contributed by atoms with Gasteiger partial charge in [-0.15, -0.1) is 0 Å². The molecule has 16 heavy (non-hydrogen) atoms. The molecule has 2 rings (SSSR count). The molecule has 1 aliphatic carbocycles. The first kappa shape index (κ1) is 10.7. The van der Waals surface area contributed by atoms with Gasteiger partial charge < -0.3 is 10.2 Å². The van der Waals surface area contributed by atoms with Crippen LogP contribution in [0.25, 0.3) is 0 Å². The van der Waals surface area contributed by atoms with E-state index in [1.54, 1.807) is 6.07 Å². The summed E-state index contributed by atoms with van der Waals surface area (Å²) >= 11 is 0. The number of aldehydes is 1. The number of benzene rings is 1. The molecule has 0 aromatic heterocycles. The van der Waals surface area contributed by atoms with Gasteiger partial charge in [0.05, 0.1) is 6.42 Å². The molecule has 1 saturated carbocycles. The number of aliphatic carboxylic acids is 1. The van der Waals surface area contributed by atoms with Crippen LogP contribution in [-0.2, 0) is 10.2 Å². The maximum Gasteiger partial charge on any atom is 0.304 e. The summed E-state index contributed by atoms with van der Waals surface area (Å²) in [6.45, 7) is 0. The standard InChI is InChI=1S/C12H12O4/c13-7-8-5-9(14)1-2-10(8)12(3-4-12)6-11(15)16/h1-2,5,7,14H,3-4,6H2,(H,15,16). The zero-order valence-electron chi connectivity index (χ0n) is 8.64. The summed E-state index contributed by atoms with van der Waals surface area (Å²) in [4.78, 5) is 21.6. The van der Waals surface area contributed by atoms with Crippen molar-refractivity contribution >= 4 is 12.3 Å². The second-order valence-corrected chi connectivity index (χ2v) is 4.24. The van der Waals surface area contributed by atoms with Crippen LogP contribution in [0, 0.1) is 0 Å². The Morgan fingerprint density at radius 1 is 1.44 bits per heavy atom. The van der Waals surface area contributed by atoms with E-state index in [0.717, 1.165) is 18.4 Å². The van der Waals surface area contributed by atoms with Crippen molar-refractivity contribution in [3.63, 3.8) is 0 Å². The van der Waals surface area contributed by atoms with Crippen LogP contribution in [0.5, 0.6) is 5.75 Å². The Bertz CT molecular complexity index is 446. The lowest BCUT2D eigenvalue weighted by molar-refractivity contribution is -0.137. The Labute approximate surface area is 92.5 Å². The van der Waals surface area contributed by atoms with Crippen LogP contribution in [0.1, 0.15) is 35.2 Å². The molecule has 0 radical (unpaired) electrons. The number of aromatic hydroxyl groups is 1. The zero-order chi connectivity index (χ0) is 11.8. The molecule has 1 aromatic carbocycles. The highest BCUT2D eigenvalue weighted by Gasteiger charge is 2.47. The lowest BCUT2D eigenvalue weighted by Crippen LogP contribution is -2.14. The minimum Gasteiger partial charge on any atom is -0.508 e. The van der Waals surface area contributed by atoms with E-state index >= 15 is 0 Å². The Balaban J connectivity index is 2.40. The number of phenols is 1. The topological polar surface area (TPSA) is 74.6 Å². The number of carboxylic acids is 1. The molecule has 84 valence electrons. The monoisotopic (exact) mass is 220 g/mol. The van der Waals surface area contributed by atoms with Crippen molar-refractivity contribution in [3.8, 4) is 5.75 Å². The van der Waals surface area contributed by atoms with Crippen molar-refractivity contribution in [3.05, 3.63) is 29.3 Å². The number of carbonyl (C=O) groups is 2. The lowest BCUT2D eigenvalue weighted by Gasteiger charge is -2.15. The fourth-order valence-electron chi connectivity index (χ4n) is 2.11. The molecule has 0 amide bonds. The normalized spacial score (nSPS) is 16.8. The van der Waals surface area contributed by atoms with Gasteiger partial charge in [0.1, 0.15) is 12.0 Å². The number of carboxylic acid groups (broad SMARTS) is 1. The van der Waals surface area contributed by atoms with E-state index in [1.165, 1.54) is 12.1 Å². The Kier molecular flexibility index (Phi) is 2.42. The van der Waals surface area contributed by atoms with Crippen molar-refractivity contribution in [2.45, 2.75) is 24.7 Å². The molecule has 0 spiro atoms. The highest BCUT2D eigenvalue weighted by Crippen LogP contribution is 2.52. The summed E-state index contributed by atoms with van der Waals surface area (Å²) in [7, 11) is 0. The summed E-state index contributed by atoms with van der Waals surface area (Å²) in [6.07, 6.45) is 2.27. The van der Waals surface area contributed by atoms with E-state index in [2.05, 4.69) is 0 Å². The van der Waals surface area contributed by atoms with E-state index in [-0.39, 0.29) is 12.2 Å². The molecule has 0 saturated heterocycles. The Morgan fingerprint density at radius 3 is 2.62 bits per heavy atom. The van der Waals surface area contributed by atoms with Crippen LogP contribution in [0.2, 0.25) is 0 Å². The van der Waals surface area contributed by atoms with E-state index < -0.39 is 11.4 Å². The predicted octanol–water partition coefficient (Wildman–Crippen LogP) is 1.71. The van der Waals surface area contributed by atoms with Crippen LogP contribution in [0.3, 0.4) is 0 Å². The highest BCUT2D eigenvalue weighted by molar-refractivity contribution is 5.80. The first-order chi connectivity index (χ1) is 7.57. The highest BCUT2D eigenvalue weighted by atomic mass is 16.4. The van der Waals surface area contributed by atoms with E-state index in [1.807, 2.05) is 0 Å². The van der Waals surface area contributed by atoms with Crippen molar-refractivity contribution in [1.82, 2.24) is 0 Å². The molecule has 1 fully saturated rings. The lowest BCUT2D eigenvalue weighted by atomic mass is 9.89. The summed E-state index contributed by atoms with van der Waals surface area (Å²) in [5.74, 6) is -0.834. The number of rotatable bonds is 4. The second-order valence-electron chi connectivity index (χ2n) is 4.24. The van der Waals surface area contributed by atoms with Gasteiger partial charge in [0, 0.05) is 11.0 Å². The average Bonchev–Trinajstić information content (AvgIpc) is 2.97. The number of carbonyl (C=O) groups excluding carboxylic acids is 1. The molecule has 0 atom stereocenters. The predicted molar refractivity (Wildman–Crippen MR) is 56.7 cm³/mol. The summed E-state index contributed by atoms with van der Waals surface area (Å²) in [5.41, 5.74) is 0.733. The first-order valence-electron chi connectivity index (χ1n) is 5.08. The number of phenolic OH excluding ortho intramolecular Hbond substituents is 1. The second kappa shape index (κ2) is 3.63. The van der Waals surface area contributed by atoms with Crippen molar-refractivity contribution in [2.75, 3.05) is 0 Å². The minimum atomic E-state index is -0.859. The molecule has 0 heterocycles. The van der Waals surface area contributed by atoms with Gasteiger partial charge in [0.25, 0.3) is 0 Å². The molecule has 2 N–H and O–H groups in total. The SMILES string of the molecule is O=Cc1cc(O)ccc1C1(CC(=O)O)CC1. The Morgan fingerprint density at radius 2 is 2.12 bits per heavy atom. The van der Waals surface area contributed by atoms with Crippen molar-refractivity contribution in [1.29, 1.82) is 0 Å². The molecule has 1 aliphatic rings. The molecule has 0 bridgehead atoms. The fourth-order valence-corrected chi connectivity index (χ4v) is 2.11. The van der Waals surface area contributed by atoms with Gasteiger partial charge in [0.2, 0.25) is 0 Å². The van der Waals surface area contributed by atoms with Crippen molar-refractivity contribution < 1.29 is 19.8 Å². The fraction of sp³-hybridized carbons (Fsp3) is 0.333. The molecular formula is C12H12O4. The van der Waals surface area contributed by atoms with Gasteiger partial charge in [-0.1, -0.05) is 6.07 Å². The van der Waals surface area contributed by atoms with Gasteiger partial charge in [-0.3, -0.25) is 9.59 Å². The van der Waals surface area contributed by atoms with Gasteiger partial charge >= 0.3 is 5.97 Å². The smallest absolute Gasteiger partial charge is 0.304 e. The third-order valence-electron chi connectivity index (χ3n) is 3.08. The summed E-state index contributed by atoms with van der Waals surface area (Å²) < 4.78 is 0. The molecule has 1 aromatic rings. The van der Waals surface area contributed by atoms with Crippen molar-refractivity contribution in [2.24, 2.45) is 0 Å². The van der Waals surface area contributed by atoms with Crippen LogP contribution in [-0.4, -0.2) is 22.5 Å². The van der Waals surface area contributed by atoms with Gasteiger partial charge in [-0.05, 0) is 30.5 Å². The molecule has 4 nitrogen and oxygen atoms in total. The minimum absolute atomic E-state index is 0.0250. The quantitative estimate of drug-likeness (QED) is 0.757. The van der Waals surface area contributed by atoms with Crippen LogP contribution in [0.15, 0.2) is 18.2 Å². The van der Waals surface area contributed by atoms with Gasteiger partial charge in [-0.25, -0.2) is 0 Å². The summed E-state index contributed by atoms with van der Waals surface area (Å²) in [6, 6.07) is 4.52. The van der Waals surface area contributed by atoms with E-state index in [9.17, 15) is 14.7 Å². The Hall–Kier alpha value is -1.84. The molecule has 4 heteroatoms.